The predicted octanol–water partition coefficient (Wildman–Crippen LogP) is 6.43. The number of aliphatic hydroxyl groups excluding tert-OH is 1. The van der Waals surface area contributed by atoms with Gasteiger partial charge in [0.25, 0.3) is 0 Å². The van der Waals surface area contributed by atoms with Crippen molar-refractivity contribution in [3.8, 4) is 28.0 Å². The molecule has 0 aliphatic heterocycles. The number of benzene rings is 3. The Morgan fingerprint density at radius 3 is 1.96 bits per heavy atom. The van der Waals surface area contributed by atoms with Gasteiger partial charge in [-0.15, -0.1) is 0 Å². The van der Waals surface area contributed by atoms with E-state index in [0.29, 0.717) is 0 Å². The minimum atomic E-state index is -0.615. The molecule has 0 saturated heterocycles. The molecule has 1 unspecified atom stereocenters. The van der Waals surface area contributed by atoms with Crippen LogP contribution < -0.4 is 0 Å². The fourth-order valence-electron chi connectivity index (χ4n) is 3.08. The number of aliphatic hydroxyl groups is 1. The highest BCUT2D eigenvalue weighted by Crippen LogP contribution is 2.28. The topological polar surface area (TPSA) is 40.5 Å². The first kappa shape index (κ1) is 19.8. The average molecular weight is 376 g/mol. The molecule has 0 aromatic heterocycles. The van der Waals surface area contributed by atoms with Crippen molar-refractivity contribution in [3.63, 3.8) is 0 Å². The Kier molecular flexibility index (Phi) is 6.62. The van der Waals surface area contributed by atoms with E-state index in [4.69, 9.17) is 0 Å². The standard InChI is InChI=1S/C25H25FO2/c1-18(27)5-3-2-4-6-19-7-9-20(10-8-19)21-11-13-22(14-12-21)23-15-16-25(28)24(26)17-23/h4,6-18,27-28H,2-3,5H2,1H3/b6-4+. The van der Waals surface area contributed by atoms with Crippen LogP contribution in [0.4, 0.5) is 4.39 Å². The van der Waals surface area contributed by atoms with E-state index >= 15 is 0 Å². The Morgan fingerprint density at radius 2 is 1.39 bits per heavy atom. The van der Waals surface area contributed by atoms with Crippen LogP contribution in [0, 0.1) is 5.82 Å². The zero-order valence-electron chi connectivity index (χ0n) is 16.0. The Bertz CT molecular complexity index is 926. The second-order valence-electron chi connectivity index (χ2n) is 7.05. The summed E-state index contributed by atoms with van der Waals surface area (Å²) in [7, 11) is 0. The summed E-state index contributed by atoms with van der Waals surface area (Å²) in [5.74, 6) is -0.950. The maximum Gasteiger partial charge on any atom is 0.165 e. The van der Waals surface area contributed by atoms with Gasteiger partial charge < -0.3 is 10.2 Å². The first-order chi connectivity index (χ1) is 13.5. The lowest BCUT2D eigenvalue weighted by Crippen LogP contribution is -1.97. The third-order valence-electron chi connectivity index (χ3n) is 4.71. The molecular weight excluding hydrogens is 351 g/mol. The van der Waals surface area contributed by atoms with Crippen molar-refractivity contribution in [3.05, 3.63) is 84.2 Å². The lowest BCUT2D eigenvalue weighted by Gasteiger charge is -2.06. The van der Waals surface area contributed by atoms with Crippen LogP contribution >= 0.6 is 0 Å². The first-order valence-corrected chi connectivity index (χ1v) is 9.57. The highest BCUT2D eigenvalue weighted by Gasteiger charge is 2.05. The Balaban J connectivity index is 1.65. The number of phenolic OH excluding ortho intramolecular Hbond substituents is 1. The third-order valence-corrected chi connectivity index (χ3v) is 4.71. The minimum absolute atomic E-state index is 0.230. The summed E-state index contributed by atoms with van der Waals surface area (Å²) in [6.45, 7) is 1.82. The molecule has 0 saturated carbocycles. The largest absolute Gasteiger partial charge is 0.505 e. The lowest BCUT2D eigenvalue weighted by molar-refractivity contribution is 0.182. The van der Waals surface area contributed by atoms with Gasteiger partial charge in [0.2, 0.25) is 0 Å². The molecule has 3 aromatic rings. The van der Waals surface area contributed by atoms with Crippen LogP contribution in [0.2, 0.25) is 0 Å². The fourth-order valence-corrected chi connectivity index (χ4v) is 3.08. The van der Waals surface area contributed by atoms with Crippen LogP contribution in [-0.2, 0) is 0 Å². The van der Waals surface area contributed by atoms with Gasteiger partial charge in [-0.3, -0.25) is 0 Å². The molecule has 28 heavy (non-hydrogen) atoms. The molecular formula is C25H25FO2. The maximum atomic E-state index is 13.5. The van der Waals surface area contributed by atoms with Gasteiger partial charge in [-0.1, -0.05) is 66.7 Å². The number of aromatic hydroxyl groups is 1. The fraction of sp³-hybridized carbons (Fsp3) is 0.200. The quantitative estimate of drug-likeness (QED) is 0.467. The number of hydrogen-bond acceptors (Lipinski definition) is 2. The predicted molar refractivity (Wildman–Crippen MR) is 114 cm³/mol. The average Bonchev–Trinajstić information content (AvgIpc) is 2.70. The van der Waals surface area contributed by atoms with E-state index < -0.39 is 5.82 Å². The van der Waals surface area contributed by atoms with E-state index in [0.717, 1.165) is 47.1 Å². The molecule has 0 heterocycles. The van der Waals surface area contributed by atoms with E-state index in [1.54, 1.807) is 6.07 Å². The summed E-state index contributed by atoms with van der Waals surface area (Å²) >= 11 is 0. The molecule has 144 valence electrons. The molecule has 2 nitrogen and oxygen atoms in total. The SMILES string of the molecule is CC(O)CCC/C=C/c1ccc(-c2ccc(-c3ccc(O)c(F)c3)cc2)cc1. The maximum absolute atomic E-state index is 13.5. The van der Waals surface area contributed by atoms with E-state index in [2.05, 4.69) is 36.4 Å². The molecule has 2 N–H and O–H groups in total. The second kappa shape index (κ2) is 9.34. The Labute approximate surface area is 165 Å². The van der Waals surface area contributed by atoms with Crippen LogP contribution in [0.5, 0.6) is 5.75 Å². The Morgan fingerprint density at radius 1 is 0.857 bits per heavy atom. The molecule has 0 bridgehead atoms. The number of allylic oxidation sites excluding steroid dienone is 1. The normalized spacial score (nSPS) is 12.4. The molecule has 3 rings (SSSR count). The molecule has 3 aromatic carbocycles. The summed E-state index contributed by atoms with van der Waals surface area (Å²) in [6.07, 6.45) is 6.80. The minimum Gasteiger partial charge on any atom is -0.505 e. The molecule has 0 amide bonds. The number of phenols is 1. The molecule has 0 aliphatic carbocycles. The van der Waals surface area contributed by atoms with E-state index in [1.807, 2.05) is 31.2 Å². The second-order valence-corrected chi connectivity index (χ2v) is 7.05. The van der Waals surface area contributed by atoms with Crippen molar-refractivity contribution in [2.24, 2.45) is 0 Å². The molecule has 1 atom stereocenters. The van der Waals surface area contributed by atoms with E-state index in [1.165, 1.54) is 12.1 Å². The first-order valence-electron chi connectivity index (χ1n) is 9.57. The van der Waals surface area contributed by atoms with E-state index in [9.17, 15) is 14.6 Å². The van der Waals surface area contributed by atoms with Gasteiger partial charge in [0.1, 0.15) is 0 Å². The third kappa shape index (κ3) is 5.30. The molecule has 0 radical (unpaired) electrons. The van der Waals surface area contributed by atoms with E-state index in [-0.39, 0.29) is 11.9 Å². The van der Waals surface area contributed by atoms with Crippen molar-refractivity contribution >= 4 is 6.08 Å². The van der Waals surface area contributed by atoms with Crippen molar-refractivity contribution in [2.75, 3.05) is 0 Å². The number of hydrogen-bond donors (Lipinski definition) is 2. The highest BCUT2D eigenvalue weighted by atomic mass is 19.1. The monoisotopic (exact) mass is 376 g/mol. The molecule has 0 aliphatic rings. The van der Waals surface area contributed by atoms with Gasteiger partial charge in [0, 0.05) is 0 Å². The lowest BCUT2D eigenvalue weighted by atomic mass is 9.99. The number of halogens is 1. The number of rotatable bonds is 7. The van der Waals surface area contributed by atoms with Gasteiger partial charge >= 0.3 is 0 Å². The van der Waals surface area contributed by atoms with Crippen LogP contribution in [0.25, 0.3) is 28.3 Å². The van der Waals surface area contributed by atoms with Crippen LogP contribution in [0.3, 0.4) is 0 Å². The summed E-state index contributed by atoms with van der Waals surface area (Å²) in [6, 6.07) is 20.7. The van der Waals surface area contributed by atoms with Crippen molar-refractivity contribution < 1.29 is 14.6 Å². The molecule has 0 fully saturated rings. The number of unbranched alkanes of at least 4 members (excludes halogenated alkanes) is 1. The zero-order chi connectivity index (χ0) is 19.9. The van der Waals surface area contributed by atoms with Crippen LogP contribution in [0.15, 0.2) is 72.8 Å². The van der Waals surface area contributed by atoms with Gasteiger partial charge in [0.15, 0.2) is 11.6 Å². The summed E-state index contributed by atoms with van der Waals surface area (Å²) < 4.78 is 13.5. The van der Waals surface area contributed by atoms with Crippen LogP contribution in [0.1, 0.15) is 31.7 Å². The van der Waals surface area contributed by atoms with Gasteiger partial charge in [-0.2, -0.15) is 0 Å². The molecule has 0 spiro atoms. The zero-order valence-corrected chi connectivity index (χ0v) is 16.0. The van der Waals surface area contributed by atoms with Crippen molar-refractivity contribution in [2.45, 2.75) is 32.3 Å². The summed E-state index contributed by atoms with van der Waals surface area (Å²) in [4.78, 5) is 0. The van der Waals surface area contributed by atoms with Crippen LogP contribution in [-0.4, -0.2) is 16.3 Å². The van der Waals surface area contributed by atoms with Crippen molar-refractivity contribution in [1.29, 1.82) is 0 Å². The highest BCUT2D eigenvalue weighted by molar-refractivity contribution is 5.71. The smallest absolute Gasteiger partial charge is 0.165 e. The van der Waals surface area contributed by atoms with Crippen molar-refractivity contribution in [1.82, 2.24) is 0 Å². The van der Waals surface area contributed by atoms with Gasteiger partial charge in [-0.05, 0) is 66.1 Å². The van der Waals surface area contributed by atoms with Gasteiger partial charge in [0.05, 0.1) is 6.10 Å². The van der Waals surface area contributed by atoms with Gasteiger partial charge in [-0.25, -0.2) is 4.39 Å². The summed E-state index contributed by atoms with van der Waals surface area (Å²) in [5, 5.41) is 18.6. The molecule has 3 heteroatoms. The summed E-state index contributed by atoms with van der Waals surface area (Å²) in [5.41, 5.74) is 5.00. The Hall–Kier alpha value is -2.91.